The topological polar surface area (TPSA) is 35.2 Å². The van der Waals surface area contributed by atoms with Crippen LogP contribution in [0.25, 0.3) is 0 Å². The smallest absolute Gasteiger partial charge is 0.119 e. The molecule has 84 valence electrons. The monoisotopic (exact) mass is 297 g/mol. The molecular formula is C12H12BrNOS. The maximum absolute atomic E-state index is 6.21. The van der Waals surface area contributed by atoms with E-state index < -0.39 is 0 Å². The van der Waals surface area contributed by atoms with Crippen LogP contribution in [0.2, 0.25) is 0 Å². The van der Waals surface area contributed by atoms with Crippen LogP contribution in [0.4, 0.5) is 0 Å². The first-order valence-electron chi connectivity index (χ1n) is 4.83. The van der Waals surface area contributed by atoms with Gasteiger partial charge in [0.1, 0.15) is 5.75 Å². The van der Waals surface area contributed by atoms with E-state index in [1.165, 1.54) is 0 Å². The third-order valence-electron chi connectivity index (χ3n) is 2.43. The number of hydrogen-bond acceptors (Lipinski definition) is 3. The highest BCUT2D eigenvalue weighted by Gasteiger charge is 2.13. The van der Waals surface area contributed by atoms with Crippen LogP contribution < -0.4 is 10.5 Å². The van der Waals surface area contributed by atoms with Gasteiger partial charge in [0, 0.05) is 9.85 Å². The minimum Gasteiger partial charge on any atom is -0.497 e. The number of methoxy groups -OCH3 is 1. The molecular weight excluding hydrogens is 286 g/mol. The molecule has 0 bridgehead atoms. The first kappa shape index (κ1) is 11.6. The van der Waals surface area contributed by atoms with Gasteiger partial charge in [0.25, 0.3) is 0 Å². The van der Waals surface area contributed by atoms with Crippen LogP contribution in [-0.4, -0.2) is 7.11 Å². The Balaban J connectivity index is 2.33. The lowest BCUT2D eigenvalue weighted by Gasteiger charge is -2.12. The van der Waals surface area contributed by atoms with Crippen molar-refractivity contribution in [1.29, 1.82) is 0 Å². The molecule has 1 unspecified atom stereocenters. The molecule has 4 heteroatoms. The Morgan fingerprint density at radius 1 is 1.38 bits per heavy atom. The average Bonchev–Trinajstić information content (AvgIpc) is 2.74. The predicted octanol–water partition coefficient (Wildman–Crippen LogP) is 3.57. The Bertz CT molecular complexity index is 483. The summed E-state index contributed by atoms with van der Waals surface area (Å²) in [6.07, 6.45) is 0. The van der Waals surface area contributed by atoms with Crippen molar-refractivity contribution in [1.82, 2.24) is 0 Å². The molecule has 0 aliphatic carbocycles. The highest BCUT2D eigenvalue weighted by atomic mass is 79.9. The molecule has 0 spiro atoms. The molecule has 0 amide bonds. The van der Waals surface area contributed by atoms with E-state index in [4.69, 9.17) is 10.5 Å². The maximum atomic E-state index is 6.21. The highest BCUT2D eigenvalue weighted by molar-refractivity contribution is 9.10. The van der Waals surface area contributed by atoms with Gasteiger partial charge in [-0.05, 0) is 44.6 Å². The summed E-state index contributed by atoms with van der Waals surface area (Å²) in [5, 5.41) is 4.10. The van der Waals surface area contributed by atoms with Gasteiger partial charge in [-0.1, -0.05) is 12.1 Å². The lowest BCUT2D eigenvalue weighted by Crippen LogP contribution is -2.11. The Kier molecular flexibility index (Phi) is 3.63. The predicted molar refractivity (Wildman–Crippen MR) is 71.0 cm³/mol. The zero-order valence-electron chi connectivity index (χ0n) is 8.81. The number of ether oxygens (including phenoxy) is 1. The quantitative estimate of drug-likeness (QED) is 0.940. The first-order chi connectivity index (χ1) is 7.72. The van der Waals surface area contributed by atoms with Crippen molar-refractivity contribution < 1.29 is 4.74 Å². The molecule has 0 radical (unpaired) electrons. The molecule has 1 aromatic heterocycles. The molecule has 0 fully saturated rings. The molecule has 0 saturated heterocycles. The fraction of sp³-hybridized carbons (Fsp3) is 0.167. The maximum Gasteiger partial charge on any atom is 0.119 e. The molecule has 16 heavy (non-hydrogen) atoms. The highest BCUT2D eigenvalue weighted by Crippen LogP contribution is 2.31. The summed E-state index contributed by atoms with van der Waals surface area (Å²) < 4.78 is 6.25. The number of halogens is 1. The van der Waals surface area contributed by atoms with Gasteiger partial charge in [-0.3, -0.25) is 0 Å². The zero-order chi connectivity index (χ0) is 11.5. The van der Waals surface area contributed by atoms with Gasteiger partial charge in [-0.25, -0.2) is 0 Å². The van der Waals surface area contributed by atoms with Crippen molar-refractivity contribution in [3.8, 4) is 5.75 Å². The Morgan fingerprint density at radius 2 is 2.19 bits per heavy atom. The van der Waals surface area contributed by atoms with E-state index in [-0.39, 0.29) is 6.04 Å². The molecule has 0 aliphatic rings. The largest absolute Gasteiger partial charge is 0.497 e. The van der Waals surface area contributed by atoms with Crippen LogP contribution in [0.1, 0.15) is 17.2 Å². The summed E-state index contributed by atoms with van der Waals surface area (Å²) in [5.74, 6) is 0.833. The van der Waals surface area contributed by atoms with E-state index in [0.29, 0.717) is 0 Å². The number of thiophene rings is 1. The van der Waals surface area contributed by atoms with Gasteiger partial charge < -0.3 is 10.5 Å². The average molecular weight is 298 g/mol. The summed E-state index contributed by atoms with van der Waals surface area (Å²) in [7, 11) is 1.66. The van der Waals surface area contributed by atoms with Gasteiger partial charge in [-0.15, -0.1) is 0 Å². The summed E-state index contributed by atoms with van der Waals surface area (Å²) in [5.41, 5.74) is 8.37. The van der Waals surface area contributed by atoms with E-state index in [0.717, 1.165) is 21.3 Å². The standard InChI is InChI=1S/C12H12BrNOS/c1-15-9-4-2-3-8(5-9)12(14)10-6-16-7-11(10)13/h2-7,12H,14H2,1H3. The van der Waals surface area contributed by atoms with Crippen molar-refractivity contribution in [3.05, 3.63) is 50.6 Å². The van der Waals surface area contributed by atoms with Crippen molar-refractivity contribution >= 4 is 27.3 Å². The van der Waals surface area contributed by atoms with E-state index in [2.05, 4.69) is 21.3 Å². The normalized spacial score (nSPS) is 12.4. The van der Waals surface area contributed by atoms with E-state index in [1.54, 1.807) is 18.4 Å². The van der Waals surface area contributed by atoms with E-state index >= 15 is 0 Å². The van der Waals surface area contributed by atoms with Gasteiger partial charge in [-0.2, -0.15) is 11.3 Å². The summed E-state index contributed by atoms with van der Waals surface area (Å²) in [6.45, 7) is 0. The van der Waals surface area contributed by atoms with Crippen LogP contribution >= 0.6 is 27.3 Å². The lowest BCUT2D eigenvalue weighted by molar-refractivity contribution is 0.414. The summed E-state index contributed by atoms with van der Waals surface area (Å²) >= 11 is 5.14. The number of nitrogens with two attached hydrogens (primary N) is 1. The minimum atomic E-state index is -0.115. The molecule has 1 atom stereocenters. The fourth-order valence-corrected chi connectivity index (χ4v) is 3.11. The van der Waals surface area contributed by atoms with Crippen molar-refractivity contribution in [2.24, 2.45) is 5.73 Å². The Hall–Kier alpha value is -0.840. The van der Waals surface area contributed by atoms with Crippen LogP contribution in [-0.2, 0) is 0 Å². The number of rotatable bonds is 3. The zero-order valence-corrected chi connectivity index (χ0v) is 11.2. The van der Waals surface area contributed by atoms with E-state index in [9.17, 15) is 0 Å². The van der Waals surface area contributed by atoms with E-state index in [1.807, 2.05) is 29.6 Å². The van der Waals surface area contributed by atoms with Crippen LogP contribution in [0, 0.1) is 0 Å². The summed E-state index contributed by atoms with van der Waals surface area (Å²) in [4.78, 5) is 0. The Labute approximate surface area is 107 Å². The molecule has 1 aromatic carbocycles. The second kappa shape index (κ2) is 4.99. The first-order valence-corrected chi connectivity index (χ1v) is 6.57. The second-order valence-corrected chi connectivity index (χ2v) is 5.03. The SMILES string of the molecule is COc1cccc(C(N)c2cscc2Br)c1. The molecule has 1 heterocycles. The second-order valence-electron chi connectivity index (χ2n) is 3.43. The lowest BCUT2D eigenvalue weighted by atomic mass is 10.0. The van der Waals surface area contributed by atoms with Crippen molar-refractivity contribution in [2.75, 3.05) is 7.11 Å². The van der Waals surface area contributed by atoms with Crippen LogP contribution in [0.5, 0.6) is 5.75 Å². The van der Waals surface area contributed by atoms with Gasteiger partial charge in [0.05, 0.1) is 13.2 Å². The van der Waals surface area contributed by atoms with Crippen molar-refractivity contribution in [3.63, 3.8) is 0 Å². The fourth-order valence-electron chi connectivity index (χ4n) is 1.53. The number of hydrogen-bond donors (Lipinski definition) is 1. The van der Waals surface area contributed by atoms with Gasteiger partial charge in [0.15, 0.2) is 0 Å². The molecule has 0 aliphatic heterocycles. The molecule has 2 rings (SSSR count). The summed E-state index contributed by atoms with van der Waals surface area (Å²) in [6, 6.07) is 7.73. The van der Waals surface area contributed by atoms with Crippen molar-refractivity contribution in [2.45, 2.75) is 6.04 Å². The van der Waals surface area contributed by atoms with Crippen LogP contribution in [0.15, 0.2) is 39.5 Å². The molecule has 2 aromatic rings. The molecule has 2 N–H and O–H groups in total. The molecule has 2 nitrogen and oxygen atoms in total. The number of benzene rings is 1. The van der Waals surface area contributed by atoms with Gasteiger partial charge >= 0.3 is 0 Å². The minimum absolute atomic E-state index is 0.115. The third-order valence-corrected chi connectivity index (χ3v) is 4.18. The molecule has 0 saturated carbocycles. The van der Waals surface area contributed by atoms with Gasteiger partial charge in [0.2, 0.25) is 0 Å². The third kappa shape index (κ3) is 2.29. The van der Waals surface area contributed by atoms with Crippen LogP contribution in [0.3, 0.4) is 0 Å². The Morgan fingerprint density at radius 3 is 2.81 bits per heavy atom.